The van der Waals surface area contributed by atoms with Crippen molar-refractivity contribution in [3.63, 3.8) is 0 Å². The number of hydrogen-bond donors (Lipinski definition) is 2. The predicted octanol–water partition coefficient (Wildman–Crippen LogP) is 2.33. The van der Waals surface area contributed by atoms with Crippen LogP contribution in [0, 0.1) is 17.8 Å². The molecule has 3 heterocycles. The normalized spacial score (nSPS) is 30.8. The van der Waals surface area contributed by atoms with Gasteiger partial charge in [-0.05, 0) is 63.0 Å². The van der Waals surface area contributed by atoms with Crippen molar-refractivity contribution in [1.29, 1.82) is 0 Å². The van der Waals surface area contributed by atoms with Gasteiger partial charge >= 0.3 is 6.09 Å². The van der Waals surface area contributed by atoms with Crippen LogP contribution in [0.3, 0.4) is 0 Å². The van der Waals surface area contributed by atoms with Gasteiger partial charge in [-0.1, -0.05) is 24.6 Å². The van der Waals surface area contributed by atoms with Crippen LogP contribution in [-0.4, -0.2) is 79.3 Å². The number of carbonyl (C=O) groups excluding carboxylic acids is 4. The molecular weight excluding hydrogens is 616 g/mol. The quantitative estimate of drug-likeness (QED) is 0.464. The van der Waals surface area contributed by atoms with Crippen molar-refractivity contribution < 1.29 is 41.8 Å². The number of allylic oxidation sites excluding steroid dienone is 1. The van der Waals surface area contributed by atoms with Gasteiger partial charge in [-0.15, -0.1) is 0 Å². The Morgan fingerprint density at radius 1 is 1.07 bits per heavy atom. The average molecular weight is 657 g/mol. The highest BCUT2D eigenvalue weighted by molar-refractivity contribution is 7.91. The molecule has 46 heavy (non-hydrogen) atoms. The summed E-state index contributed by atoms with van der Waals surface area (Å²) in [6.45, 7) is 1.29. The van der Waals surface area contributed by atoms with E-state index in [4.69, 9.17) is 14.2 Å². The van der Waals surface area contributed by atoms with E-state index in [0.29, 0.717) is 44.0 Å². The number of hydrogen-bond acceptors (Lipinski definition) is 9. The summed E-state index contributed by atoms with van der Waals surface area (Å²) in [5.41, 5.74) is 0.393. The molecule has 5 atom stereocenters. The van der Waals surface area contributed by atoms with Crippen LogP contribution >= 0.6 is 0 Å². The fourth-order valence-corrected chi connectivity index (χ4v) is 8.62. The Kier molecular flexibility index (Phi) is 7.89. The van der Waals surface area contributed by atoms with Crippen molar-refractivity contribution in [2.45, 2.75) is 87.8 Å². The van der Waals surface area contributed by atoms with Crippen LogP contribution in [-0.2, 0) is 42.2 Å². The first-order chi connectivity index (χ1) is 22.1. The molecule has 4 amide bonds. The summed E-state index contributed by atoms with van der Waals surface area (Å²) in [5.74, 6) is -2.20. The van der Waals surface area contributed by atoms with Crippen LogP contribution in [0.5, 0.6) is 11.5 Å². The van der Waals surface area contributed by atoms with Gasteiger partial charge in [-0.25, -0.2) is 13.2 Å². The third-order valence-corrected chi connectivity index (χ3v) is 12.0. The standard InChI is InChI=1S/C32H40N4O9S/c1-35-12-6-4-2-3-5-7-20-15-32(20,30(39)34-46(41,42)22-9-10-22)33-28(37)23-13-21(14-24(23)29(35)38)45-31(40)36-16-19-8-11-26-27(25(19)17-36)44-18-43-26/h5,7-8,11,20-24H,2-4,6,9-10,12-18H2,1H3,(H,33,37)(H,34,39). The van der Waals surface area contributed by atoms with Crippen LogP contribution in [0.1, 0.15) is 68.9 Å². The Labute approximate surface area is 268 Å². The molecule has 0 bridgehead atoms. The molecule has 7 rings (SSSR count). The molecule has 3 saturated carbocycles. The molecule has 3 fully saturated rings. The summed E-state index contributed by atoms with van der Waals surface area (Å²) < 4.78 is 44.5. The topological polar surface area (TPSA) is 161 Å². The van der Waals surface area contributed by atoms with Gasteiger partial charge in [-0.2, -0.15) is 0 Å². The molecule has 6 aliphatic rings. The van der Waals surface area contributed by atoms with E-state index in [9.17, 15) is 27.6 Å². The average Bonchev–Trinajstić information content (AvgIpc) is 3.81. The molecule has 0 radical (unpaired) electrons. The van der Waals surface area contributed by atoms with Gasteiger partial charge in [0, 0.05) is 31.6 Å². The van der Waals surface area contributed by atoms with E-state index < -0.39 is 56.7 Å². The van der Waals surface area contributed by atoms with Crippen molar-refractivity contribution in [3.05, 3.63) is 35.4 Å². The van der Waals surface area contributed by atoms with Crippen LogP contribution < -0.4 is 19.5 Å². The van der Waals surface area contributed by atoms with Gasteiger partial charge in [0.2, 0.25) is 28.6 Å². The second-order valence-electron chi connectivity index (χ2n) is 13.5. The van der Waals surface area contributed by atoms with Crippen molar-refractivity contribution >= 4 is 33.8 Å². The molecule has 14 heteroatoms. The first kappa shape index (κ1) is 30.8. The molecule has 3 aliphatic carbocycles. The Morgan fingerprint density at radius 2 is 1.87 bits per heavy atom. The fourth-order valence-electron chi connectivity index (χ4n) is 7.26. The molecule has 2 N–H and O–H groups in total. The summed E-state index contributed by atoms with van der Waals surface area (Å²) in [4.78, 5) is 57.7. The maximum atomic E-state index is 14.0. The van der Waals surface area contributed by atoms with Gasteiger partial charge in [0.1, 0.15) is 11.6 Å². The maximum Gasteiger partial charge on any atom is 0.410 e. The number of nitrogens with one attached hydrogen (secondary N) is 2. The minimum atomic E-state index is -3.83. The molecule has 0 aromatic heterocycles. The minimum absolute atomic E-state index is 0.105. The number of benzene rings is 1. The summed E-state index contributed by atoms with van der Waals surface area (Å²) >= 11 is 0. The zero-order chi connectivity index (χ0) is 32.2. The van der Waals surface area contributed by atoms with Crippen molar-refractivity contribution in [2.75, 3.05) is 20.4 Å². The summed E-state index contributed by atoms with van der Waals surface area (Å²) in [5, 5.41) is 2.28. The van der Waals surface area contributed by atoms with Gasteiger partial charge in [-0.3, -0.25) is 24.0 Å². The third-order valence-electron chi connectivity index (χ3n) is 10.2. The second-order valence-corrected chi connectivity index (χ2v) is 15.4. The van der Waals surface area contributed by atoms with Gasteiger partial charge in [0.25, 0.3) is 5.91 Å². The van der Waals surface area contributed by atoms with E-state index >= 15 is 0 Å². The summed E-state index contributed by atoms with van der Waals surface area (Å²) in [6, 6.07) is 3.72. The Balaban J connectivity index is 1.08. The summed E-state index contributed by atoms with van der Waals surface area (Å²) in [6.07, 6.45) is 7.54. The van der Waals surface area contributed by atoms with E-state index in [1.54, 1.807) is 16.8 Å². The first-order valence-corrected chi connectivity index (χ1v) is 17.8. The molecule has 13 nitrogen and oxygen atoms in total. The predicted molar refractivity (Wildman–Crippen MR) is 163 cm³/mol. The molecule has 5 unspecified atom stereocenters. The second kappa shape index (κ2) is 11.8. The minimum Gasteiger partial charge on any atom is -0.454 e. The third kappa shape index (κ3) is 5.80. The Hall–Kier alpha value is -3.81. The number of rotatable bonds is 4. The maximum absolute atomic E-state index is 14.0. The van der Waals surface area contributed by atoms with Crippen LogP contribution in [0.2, 0.25) is 0 Å². The van der Waals surface area contributed by atoms with Crippen molar-refractivity contribution in [3.8, 4) is 11.5 Å². The highest BCUT2D eigenvalue weighted by Gasteiger charge is 2.62. The molecule has 1 aromatic carbocycles. The zero-order valence-electron chi connectivity index (χ0n) is 25.9. The van der Waals surface area contributed by atoms with Crippen LogP contribution in [0.4, 0.5) is 4.79 Å². The van der Waals surface area contributed by atoms with Crippen molar-refractivity contribution in [1.82, 2.24) is 19.8 Å². The van der Waals surface area contributed by atoms with E-state index in [0.717, 1.165) is 36.8 Å². The number of carbonyl (C=O) groups is 4. The molecule has 248 valence electrons. The largest absolute Gasteiger partial charge is 0.454 e. The lowest BCUT2D eigenvalue weighted by atomic mass is 9.93. The number of fused-ring (bicyclic) bond motifs is 5. The smallest absolute Gasteiger partial charge is 0.410 e. The Bertz CT molecular complexity index is 1590. The van der Waals surface area contributed by atoms with Crippen LogP contribution in [0.25, 0.3) is 0 Å². The molecule has 1 aromatic rings. The molecule has 3 aliphatic heterocycles. The highest BCUT2D eigenvalue weighted by atomic mass is 32.2. The van der Waals surface area contributed by atoms with Crippen molar-refractivity contribution in [2.24, 2.45) is 17.8 Å². The first-order valence-electron chi connectivity index (χ1n) is 16.2. The SMILES string of the molecule is CN1CCCCCC=CC2CC2(C(=O)NS(=O)(=O)C2CC2)NC(=O)C2CC(OC(=O)N3Cc4ccc5c(c4C3)OCO5)CC2C1=O. The lowest BCUT2D eigenvalue weighted by molar-refractivity contribution is -0.140. The number of ether oxygens (including phenoxy) is 3. The van der Waals surface area contributed by atoms with Crippen LogP contribution in [0.15, 0.2) is 24.3 Å². The monoisotopic (exact) mass is 656 g/mol. The van der Waals surface area contributed by atoms with E-state index in [1.165, 1.54) is 0 Å². The van der Waals surface area contributed by atoms with Gasteiger partial charge < -0.3 is 24.4 Å². The van der Waals surface area contributed by atoms with Gasteiger partial charge in [0.15, 0.2) is 11.5 Å². The van der Waals surface area contributed by atoms with E-state index in [2.05, 4.69) is 10.0 Å². The number of amides is 4. The molecule has 0 spiro atoms. The zero-order valence-corrected chi connectivity index (χ0v) is 26.7. The molecular formula is C32H40N4O9S. The lowest BCUT2D eigenvalue weighted by Crippen LogP contribution is -2.54. The van der Waals surface area contributed by atoms with Gasteiger partial charge in [0.05, 0.1) is 23.6 Å². The number of sulfonamides is 1. The Morgan fingerprint density at radius 3 is 2.67 bits per heavy atom. The lowest BCUT2D eigenvalue weighted by Gasteiger charge is -2.26. The molecule has 0 saturated heterocycles. The van der Waals surface area contributed by atoms with E-state index in [-0.39, 0.29) is 37.9 Å². The number of nitrogens with zero attached hydrogens (tertiary/aromatic N) is 2. The fraction of sp³-hybridized carbons (Fsp3) is 0.625. The highest BCUT2D eigenvalue weighted by Crippen LogP contribution is 2.47. The summed E-state index contributed by atoms with van der Waals surface area (Å²) in [7, 11) is -2.11. The van der Waals surface area contributed by atoms with E-state index in [1.807, 2.05) is 24.3 Å².